The van der Waals surface area contributed by atoms with Crippen LogP contribution in [0.2, 0.25) is 0 Å². The predicted octanol–water partition coefficient (Wildman–Crippen LogP) is 5.23. The number of anilines is 1. The first-order chi connectivity index (χ1) is 16.2. The van der Waals surface area contributed by atoms with Gasteiger partial charge in [-0.25, -0.2) is 0 Å². The van der Waals surface area contributed by atoms with Crippen LogP contribution >= 0.6 is 11.8 Å². The molecule has 1 heterocycles. The van der Waals surface area contributed by atoms with Crippen molar-refractivity contribution in [3.63, 3.8) is 0 Å². The van der Waals surface area contributed by atoms with Crippen molar-refractivity contribution < 1.29 is 14.3 Å². The summed E-state index contributed by atoms with van der Waals surface area (Å²) < 4.78 is 5.48. The second-order valence-electron chi connectivity index (χ2n) is 7.92. The van der Waals surface area contributed by atoms with Crippen LogP contribution in [0.1, 0.15) is 39.7 Å². The van der Waals surface area contributed by atoms with E-state index in [1.807, 2.05) is 54.6 Å². The number of methoxy groups -OCH3 is 1. The molecule has 170 valence electrons. The number of ether oxygens (including phenoxy) is 1. The van der Waals surface area contributed by atoms with Gasteiger partial charge in [0.1, 0.15) is 11.1 Å². The van der Waals surface area contributed by atoms with Crippen LogP contribution < -0.4 is 15.0 Å². The molecule has 0 saturated carbocycles. The number of unbranched alkanes of at least 4 members (excludes halogenated alkanes) is 1. The van der Waals surface area contributed by atoms with Crippen molar-refractivity contribution in [2.45, 2.75) is 24.6 Å². The summed E-state index contributed by atoms with van der Waals surface area (Å²) in [5.41, 5.74) is 3.59. The lowest BCUT2D eigenvalue weighted by Crippen LogP contribution is -2.28. The molecule has 6 heteroatoms. The van der Waals surface area contributed by atoms with Crippen molar-refractivity contribution >= 4 is 29.3 Å². The van der Waals surface area contributed by atoms with Crippen molar-refractivity contribution in [3.05, 3.63) is 95.6 Å². The van der Waals surface area contributed by atoms with Crippen LogP contribution in [0.3, 0.4) is 0 Å². The van der Waals surface area contributed by atoms with Gasteiger partial charge >= 0.3 is 0 Å². The number of rotatable bonds is 9. The highest BCUT2D eigenvalue weighted by atomic mass is 32.2. The molecule has 5 nitrogen and oxygen atoms in total. The van der Waals surface area contributed by atoms with Gasteiger partial charge in [0.25, 0.3) is 5.91 Å². The monoisotopic (exact) mass is 460 g/mol. The molecule has 3 aromatic rings. The summed E-state index contributed by atoms with van der Waals surface area (Å²) in [5, 5.41) is 2.83. The Balaban J connectivity index is 1.39. The fraction of sp³-hybridized carbons (Fsp3) is 0.259. The number of aryl methyl sites for hydroxylation is 1. The zero-order valence-corrected chi connectivity index (χ0v) is 19.5. The van der Waals surface area contributed by atoms with E-state index in [1.165, 1.54) is 5.56 Å². The van der Waals surface area contributed by atoms with Crippen molar-refractivity contribution in [2.75, 3.05) is 24.3 Å². The number of nitrogens with zero attached hydrogens (tertiary/aromatic N) is 1. The zero-order chi connectivity index (χ0) is 23.0. The summed E-state index contributed by atoms with van der Waals surface area (Å²) in [5.74, 6) is 0.987. The molecule has 0 aliphatic carbocycles. The van der Waals surface area contributed by atoms with E-state index in [2.05, 4.69) is 29.6 Å². The molecule has 1 fully saturated rings. The van der Waals surface area contributed by atoms with Crippen LogP contribution in [0.5, 0.6) is 5.75 Å². The summed E-state index contributed by atoms with van der Waals surface area (Å²) in [6.45, 7) is 0.639. The standard InChI is InChI=1S/C27H28N2O3S/c1-32-24-16-6-5-15-23(24)29-25(30)19-33-27(29)22-14-9-13-21(18-22)26(31)28-17-8-7-12-20-10-3-2-4-11-20/h2-6,9-11,13-16,18,27H,7-8,12,17,19H2,1H3,(H,28,31). The number of thioether (sulfide) groups is 1. The first-order valence-corrected chi connectivity index (χ1v) is 12.2. The van der Waals surface area contributed by atoms with Gasteiger partial charge in [-0.05, 0) is 54.7 Å². The largest absolute Gasteiger partial charge is 0.495 e. The van der Waals surface area contributed by atoms with Gasteiger partial charge in [0.2, 0.25) is 5.91 Å². The molecule has 1 saturated heterocycles. The Kier molecular flexibility index (Phi) is 7.68. The zero-order valence-electron chi connectivity index (χ0n) is 18.7. The van der Waals surface area contributed by atoms with Gasteiger partial charge in [0, 0.05) is 12.1 Å². The lowest BCUT2D eigenvalue weighted by atomic mass is 10.1. The first-order valence-electron chi connectivity index (χ1n) is 11.2. The van der Waals surface area contributed by atoms with Gasteiger partial charge in [-0.3, -0.25) is 14.5 Å². The van der Waals surface area contributed by atoms with Crippen molar-refractivity contribution in [1.29, 1.82) is 0 Å². The lowest BCUT2D eigenvalue weighted by Gasteiger charge is -2.26. The number of carbonyl (C=O) groups is 2. The lowest BCUT2D eigenvalue weighted by molar-refractivity contribution is -0.115. The topological polar surface area (TPSA) is 58.6 Å². The van der Waals surface area contributed by atoms with Gasteiger partial charge in [0.15, 0.2) is 0 Å². The number of benzene rings is 3. The van der Waals surface area contributed by atoms with Crippen molar-refractivity contribution in [1.82, 2.24) is 5.32 Å². The maximum absolute atomic E-state index is 12.7. The van der Waals surface area contributed by atoms with Crippen LogP contribution in [-0.2, 0) is 11.2 Å². The van der Waals surface area contributed by atoms with Crippen molar-refractivity contribution in [3.8, 4) is 5.75 Å². The molecule has 1 aliphatic rings. The van der Waals surface area contributed by atoms with Crippen LogP contribution in [0, 0.1) is 0 Å². The Morgan fingerprint density at radius 2 is 1.82 bits per heavy atom. The predicted molar refractivity (Wildman–Crippen MR) is 134 cm³/mol. The van der Waals surface area contributed by atoms with Crippen molar-refractivity contribution in [2.24, 2.45) is 0 Å². The Labute approximate surface area is 199 Å². The molecule has 3 aromatic carbocycles. The van der Waals surface area contributed by atoms with E-state index >= 15 is 0 Å². The highest BCUT2D eigenvalue weighted by Crippen LogP contribution is 2.44. The first kappa shape index (κ1) is 22.9. The molecule has 1 atom stereocenters. The summed E-state index contributed by atoms with van der Waals surface area (Å²) >= 11 is 1.56. The fourth-order valence-electron chi connectivity index (χ4n) is 4.00. The molecule has 1 unspecified atom stereocenters. The second kappa shape index (κ2) is 11.1. The van der Waals surface area contributed by atoms with Gasteiger partial charge in [-0.2, -0.15) is 0 Å². The Morgan fingerprint density at radius 3 is 2.64 bits per heavy atom. The molecule has 2 amide bonds. The van der Waals surface area contributed by atoms with Crippen LogP contribution in [0.25, 0.3) is 0 Å². The molecule has 33 heavy (non-hydrogen) atoms. The summed E-state index contributed by atoms with van der Waals surface area (Å²) in [6, 6.07) is 25.5. The SMILES string of the molecule is COc1ccccc1N1C(=O)CSC1c1cccc(C(=O)NCCCCc2ccccc2)c1. The summed E-state index contributed by atoms with van der Waals surface area (Å²) in [4.78, 5) is 27.2. The Hall–Kier alpha value is -3.25. The third-order valence-electron chi connectivity index (χ3n) is 5.67. The number of hydrogen-bond donors (Lipinski definition) is 1. The number of carbonyl (C=O) groups excluding carboxylic acids is 2. The maximum Gasteiger partial charge on any atom is 0.251 e. The minimum absolute atomic E-state index is 0.0303. The maximum atomic E-state index is 12.7. The molecule has 0 bridgehead atoms. The summed E-state index contributed by atoms with van der Waals surface area (Å²) in [6.07, 6.45) is 2.96. The minimum atomic E-state index is -0.201. The van der Waals surface area contributed by atoms with E-state index in [9.17, 15) is 9.59 Å². The average molecular weight is 461 g/mol. The Bertz CT molecular complexity index is 1100. The minimum Gasteiger partial charge on any atom is -0.495 e. The van der Waals surface area contributed by atoms with E-state index in [1.54, 1.807) is 23.8 Å². The molecule has 0 aromatic heterocycles. The highest BCUT2D eigenvalue weighted by molar-refractivity contribution is 8.00. The number of amides is 2. The van der Waals surface area contributed by atoms with E-state index in [4.69, 9.17) is 4.74 Å². The number of para-hydroxylation sites is 2. The fourth-order valence-corrected chi connectivity index (χ4v) is 5.15. The molecule has 0 spiro atoms. The van der Waals surface area contributed by atoms with E-state index in [-0.39, 0.29) is 17.2 Å². The number of nitrogens with one attached hydrogen (secondary N) is 1. The molecule has 0 radical (unpaired) electrons. The quantitative estimate of drug-likeness (QED) is 0.445. The number of hydrogen-bond acceptors (Lipinski definition) is 4. The van der Waals surface area contributed by atoms with Crippen LogP contribution in [0.4, 0.5) is 5.69 Å². The second-order valence-corrected chi connectivity index (χ2v) is 8.99. The van der Waals surface area contributed by atoms with Gasteiger partial charge in [-0.1, -0.05) is 54.6 Å². The van der Waals surface area contributed by atoms with Gasteiger partial charge < -0.3 is 10.1 Å². The molecule has 1 aliphatic heterocycles. The van der Waals surface area contributed by atoms with E-state index in [0.29, 0.717) is 23.6 Å². The molecular weight excluding hydrogens is 432 g/mol. The molecule has 1 N–H and O–H groups in total. The van der Waals surface area contributed by atoms with Crippen LogP contribution in [-0.4, -0.2) is 31.2 Å². The third-order valence-corrected chi connectivity index (χ3v) is 6.88. The van der Waals surface area contributed by atoms with Gasteiger partial charge in [-0.15, -0.1) is 11.8 Å². The smallest absolute Gasteiger partial charge is 0.251 e. The normalized spacial score (nSPS) is 15.5. The molecular formula is C27H28N2O3S. The van der Waals surface area contributed by atoms with E-state index < -0.39 is 0 Å². The summed E-state index contributed by atoms with van der Waals surface area (Å²) in [7, 11) is 1.60. The highest BCUT2D eigenvalue weighted by Gasteiger charge is 2.35. The third kappa shape index (κ3) is 5.57. The average Bonchev–Trinajstić information content (AvgIpc) is 3.25. The Morgan fingerprint density at radius 1 is 1.03 bits per heavy atom. The molecule has 4 rings (SSSR count). The van der Waals surface area contributed by atoms with E-state index in [0.717, 1.165) is 30.5 Å². The van der Waals surface area contributed by atoms with Crippen LogP contribution in [0.15, 0.2) is 78.9 Å². The van der Waals surface area contributed by atoms with Gasteiger partial charge in [0.05, 0.1) is 18.6 Å².